The van der Waals surface area contributed by atoms with Crippen LogP contribution >= 0.6 is 11.8 Å². The zero-order valence-corrected chi connectivity index (χ0v) is 10.9. The largest absolute Gasteiger partial charge is 0.357 e. The van der Waals surface area contributed by atoms with Crippen molar-refractivity contribution in [2.45, 2.75) is 32.4 Å². The summed E-state index contributed by atoms with van der Waals surface area (Å²) >= 11 is 2.10. The van der Waals surface area contributed by atoms with Gasteiger partial charge in [-0.05, 0) is 20.3 Å². The van der Waals surface area contributed by atoms with Crippen molar-refractivity contribution in [1.82, 2.24) is 10.2 Å². The van der Waals surface area contributed by atoms with Crippen LogP contribution in [-0.4, -0.2) is 48.0 Å². The molecule has 0 aromatic carbocycles. The van der Waals surface area contributed by atoms with Gasteiger partial charge in [0.2, 0.25) is 0 Å². The lowest BCUT2D eigenvalue weighted by Gasteiger charge is -2.34. The van der Waals surface area contributed by atoms with Gasteiger partial charge in [-0.15, -0.1) is 0 Å². The Bertz CT molecular complexity index is 206. The van der Waals surface area contributed by atoms with Crippen LogP contribution in [0, 0.1) is 0 Å². The standard InChI is InChI=1S/C11H23N3S/c1-4-10-9-14(7-8-15-10)11(12-5-2)13-6-3/h10H,4-9H2,1-3H3,(H,12,13). The first-order chi connectivity index (χ1) is 7.31. The minimum atomic E-state index is 0.777. The van der Waals surface area contributed by atoms with Crippen molar-refractivity contribution in [3.63, 3.8) is 0 Å². The van der Waals surface area contributed by atoms with Crippen molar-refractivity contribution in [2.75, 3.05) is 31.9 Å². The predicted octanol–water partition coefficient (Wildman–Crippen LogP) is 1.80. The summed E-state index contributed by atoms with van der Waals surface area (Å²) in [6.07, 6.45) is 1.26. The van der Waals surface area contributed by atoms with E-state index >= 15 is 0 Å². The zero-order valence-electron chi connectivity index (χ0n) is 10.1. The van der Waals surface area contributed by atoms with Crippen molar-refractivity contribution in [1.29, 1.82) is 0 Å². The summed E-state index contributed by atoms with van der Waals surface area (Å²) in [5, 5.41) is 4.14. The van der Waals surface area contributed by atoms with E-state index in [1.807, 2.05) is 0 Å². The van der Waals surface area contributed by atoms with Crippen LogP contribution in [0.5, 0.6) is 0 Å². The highest BCUT2D eigenvalue weighted by atomic mass is 32.2. The summed E-state index contributed by atoms with van der Waals surface area (Å²) in [6.45, 7) is 10.6. The maximum atomic E-state index is 4.53. The van der Waals surface area contributed by atoms with E-state index in [0.717, 1.165) is 37.4 Å². The third-order valence-corrected chi connectivity index (χ3v) is 3.91. The molecule has 1 N–H and O–H groups in total. The van der Waals surface area contributed by atoms with Gasteiger partial charge in [0.25, 0.3) is 0 Å². The first-order valence-electron chi connectivity index (χ1n) is 5.96. The Balaban J connectivity index is 2.54. The number of guanidine groups is 1. The molecule has 1 heterocycles. The van der Waals surface area contributed by atoms with E-state index in [9.17, 15) is 0 Å². The molecule has 15 heavy (non-hydrogen) atoms. The van der Waals surface area contributed by atoms with Crippen LogP contribution in [0.15, 0.2) is 4.99 Å². The van der Waals surface area contributed by atoms with E-state index in [4.69, 9.17) is 0 Å². The van der Waals surface area contributed by atoms with Crippen molar-refractivity contribution < 1.29 is 0 Å². The number of thioether (sulfide) groups is 1. The van der Waals surface area contributed by atoms with Crippen molar-refractivity contribution in [3.8, 4) is 0 Å². The SMILES string of the molecule is CCN=C(NCC)N1CCSC(CC)C1. The second kappa shape index (κ2) is 6.99. The Labute approximate surface area is 97.7 Å². The minimum absolute atomic E-state index is 0.777. The van der Waals surface area contributed by atoms with Gasteiger partial charge in [0.05, 0.1) is 0 Å². The molecule has 0 amide bonds. The maximum Gasteiger partial charge on any atom is 0.193 e. The smallest absolute Gasteiger partial charge is 0.193 e. The first-order valence-corrected chi connectivity index (χ1v) is 7.01. The highest BCUT2D eigenvalue weighted by Crippen LogP contribution is 2.20. The quantitative estimate of drug-likeness (QED) is 0.591. The molecule has 3 nitrogen and oxygen atoms in total. The molecule has 1 saturated heterocycles. The molecule has 0 bridgehead atoms. The molecular weight excluding hydrogens is 206 g/mol. The van der Waals surface area contributed by atoms with Gasteiger partial charge in [0.15, 0.2) is 5.96 Å². The Morgan fingerprint density at radius 2 is 2.27 bits per heavy atom. The molecular formula is C11H23N3S. The summed E-state index contributed by atoms with van der Waals surface area (Å²) in [4.78, 5) is 6.93. The molecule has 0 aliphatic carbocycles. The Morgan fingerprint density at radius 3 is 2.87 bits per heavy atom. The Morgan fingerprint density at radius 1 is 1.47 bits per heavy atom. The maximum absolute atomic E-state index is 4.53. The van der Waals surface area contributed by atoms with Crippen molar-refractivity contribution >= 4 is 17.7 Å². The lowest BCUT2D eigenvalue weighted by atomic mass is 10.3. The van der Waals surface area contributed by atoms with E-state index in [0.29, 0.717) is 0 Å². The first kappa shape index (κ1) is 12.7. The number of rotatable bonds is 3. The van der Waals surface area contributed by atoms with Crippen molar-refractivity contribution in [2.24, 2.45) is 4.99 Å². The number of hydrogen-bond donors (Lipinski definition) is 1. The molecule has 0 aromatic heterocycles. The van der Waals surface area contributed by atoms with E-state index in [1.54, 1.807) is 0 Å². The summed E-state index contributed by atoms with van der Waals surface area (Å²) in [5.74, 6) is 2.32. The minimum Gasteiger partial charge on any atom is -0.357 e. The number of hydrogen-bond acceptors (Lipinski definition) is 2. The van der Waals surface area contributed by atoms with Crippen LogP contribution in [-0.2, 0) is 0 Å². The normalized spacial score (nSPS) is 23.0. The second-order valence-corrected chi connectivity index (χ2v) is 5.08. The van der Waals surface area contributed by atoms with Crippen LogP contribution < -0.4 is 5.32 Å². The van der Waals surface area contributed by atoms with E-state index in [1.165, 1.54) is 12.2 Å². The van der Waals surface area contributed by atoms with Crippen LogP contribution in [0.3, 0.4) is 0 Å². The molecule has 1 fully saturated rings. The van der Waals surface area contributed by atoms with E-state index in [-0.39, 0.29) is 0 Å². The fraction of sp³-hybridized carbons (Fsp3) is 0.909. The van der Waals surface area contributed by atoms with Crippen molar-refractivity contribution in [3.05, 3.63) is 0 Å². The number of aliphatic imine (C=N–C) groups is 1. The lowest BCUT2D eigenvalue weighted by Crippen LogP contribution is -2.48. The molecule has 4 heteroatoms. The van der Waals surface area contributed by atoms with Gasteiger partial charge in [-0.3, -0.25) is 4.99 Å². The topological polar surface area (TPSA) is 27.6 Å². The summed E-state index contributed by atoms with van der Waals surface area (Å²) < 4.78 is 0. The third kappa shape index (κ3) is 3.93. The fourth-order valence-corrected chi connectivity index (χ4v) is 2.91. The number of nitrogens with one attached hydrogen (secondary N) is 1. The average molecular weight is 229 g/mol. The molecule has 1 aliphatic rings. The van der Waals surface area contributed by atoms with Gasteiger partial charge in [0.1, 0.15) is 0 Å². The molecule has 0 spiro atoms. The lowest BCUT2D eigenvalue weighted by molar-refractivity contribution is 0.408. The van der Waals surface area contributed by atoms with Gasteiger partial charge in [-0.1, -0.05) is 6.92 Å². The molecule has 0 aromatic rings. The molecule has 1 atom stereocenters. The van der Waals surface area contributed by atoms with Gasteiger partial charge in [-0.2, -0.15) is 11.8 Å². The van der Waals surface area contributed by atoms with Gasteiger partial charge < -0.3 is 10.2 Å². The van der Waals surface area contributed by atoms with Gasteiger partial charge >= 0.3 is 0 Å². The highest BCUT2D eigenvalue weighted by molar-refractivity contribution is 8.00. The molecule has 0 radical (unpaired) electrons. The van der Waals surface area contributed by atoms with E-state index in [2.05, 4.69) is 47.7 Å². The molecule has 0 saturated carbocycles. The highest BCUT2D eigenvalue weighted by Gasteiger charge is 2.20. The summed E-state index contributed by atoms with van der Waals surface area (Å²) in [6, 6.07) is 0. The number of nitrogens with zero attached hydrogens (tertiary/aromatic N) is 2. The van der Waals surface area contributed by atoms with E-state index < -0.39 is 0 Å². The summed E-state index contributed by atoms with van der Waals surface area (Å²) in [5.41, 5.74) is 0. The van der Waals surface area contributed by atoms with Crippen LogP contribution in [0.1, 0.15) is 27.2 Å². The van der Waals surface area contributed by atoms with Gasteiger partial charge in [0, 0.05) is 37.2 Å². The van der Waals surface area contributed by atoms with Gasteiger partial charge in [-0.25, -0.2) is 0 Å². The summed E-state index contributed by atoms with van der Waals surface area (Å²) in [7, 11) is 0. The zero-order chi connectivity index (χ0) is 11.1. The molecule has 1 rings (SSSR count). The Hall–Kier alpha value is -0.380. The molecule has 88 valence electrons. The predicted molar refractivity (Wildman–Crippen MR) is 69.8 cm³/mol. The fourth-order valence-electron chi connectivity index (χ4n) is 1.73. The van der Waals surface area contributed by atoms with Crippen LogP contribution in [0.4, 0.5) is 0 Å². The monoisotopic (exact) mass is 229 g/mol. The van der Waals surface area contributed by atoms with Crippen LogP contribution in [0.2, 0.25) is 0 Å². The van der Waals surface area contributed by atoms with Crippen LogP contribution in [0.25, 0.3) is 0 Å². The Kier molecular flexibility index (Phi) is 5.91. The average Bonchev–Trinajstić information content (AvgIpc) is 2.29. The third-order valence-electron chi connectivity index (χ3n) is 2.54. The second-order valence-electron chi connectivity index (χ2n) is 3.68. The molecule has 1 unspecified atom stereocenters. The molecule has 1 aliphatic heterocycles.